The number of thiophene rings is 1. The summed E-state index contributed by atoms with van der Waals surface area (Å²) in [5.74, 6) is 0.0339. The van der Waals surface area contributed by atoms with Crippen LogP contribution in [0.2, 0.25) is 5.02 Å². The molecule has 2 aromatic carbocycles. The molecule has 3 aromatic rings. The Balaban J connectivity index is 1.68. The SMILES string of the molecule is CNC(=O)c1ccc2c(c1)OCCc1cc(C(=O)N(C)c3cc(C(=O)N(C)C)ccc3Cl)sc1-2. The van der Waals surface area contributed by atoms with Gasteiger partial charge in [-0.3, -0.25) is 14.4 Å². The number of halogens is 1. The summed E-state index contributed by atoms with van der Waals surface area (Å²) >= 11 is 7.76. The van der Waals surface area contributed by atoms with Crippen LogP contribution in [0.3, 0.4) is 0 Å². The number of hydrogen-bond acceptors (Lipinski definition) is 5. The summed E-state index contributed by atoms with van der Waals surface area (Å²) in [6.45, 7) is 0.442. The van der Waals surface area contributed by atoms with Gasteiger partial charge in [-0.25, -0.2) is 0 Å². The number of anilines is 1. The Bertz CT molecular complexity index is 1300. The van der Waals surface area contributed by atoms with Crippen molar-refractivity contribution < 1.29 is 19.1 Å². The molecular weight excluding hydrogens is 474 g/mol. The number of nitrogens with zero attached hydrogens (tertiary/aromatic N) is 2. The van der Waals surface area contributed by atoms with Crippen LogP contribution in [0.25, 0.3) is 10.4 Å². The van der Waals surface area contributed by atoms with Gasteiger partial charge in [0, 0.05) is 56.2 Å². The number of benzene rings is 2. The Hall–Kier alpha value is -3.36. The van der Waals surface area contributed by atoms with Crippen LogP contribution in [0.1, 0.15) is 36.0 Å². The molecule has 9 heteroatoms. The van der Waals surface area contributed by atoms with Gasteiger partial charge in [0.05, 0.1) is 22.2 Å². The summed E-state index contributed by atoms with van der Waals surface area (Å²) in [5, 5.41) is 2.99. The highest BCUT2D eigenvalue weighted by Gasteiger charge is 2.25. The molecule has 3 amide bonds. The van der Waals surface area contributed by atoms with E-state index >= 15 is 0 Å². The molecule has 0 radical (unpaired) electrons. The van der Waals surface area contributed by atoms with E-state index in [-0.39, 0.29) is 17.7 Å². The molecule has 0 spiro atoms. The highest BCUT2D eigenvalue weighted by molar-refractivity contribution is 7.17. The van der Waals surface area contributed by atoms with Crippen LogP contribution in [0, 0.1) is 0 Å². The van der Waals surface area contributed by atoms with Crippen molar-refractivity contribution in [3.05, 3.63) is 69.1 Å². The smallest absolute Gasteiger partial charge is 0.268 e. The van der Waals surface area contributed by atoms with Gasteiger partial charge >= 0.3 is 0 Å². The minimum absolute atomic E-state index is 0.172. The molecule has 34 heavy (non-hydrogen) atoms. The Kier molecular flexibility index (Phi) is 6.63. The van der Waals surface area contributed by atoms with Gasteiger partial charge in [-0.2, -0.15) is 0 Å². The number of rotatable bonds is 4. The summed E-state index contributed by atoms with van der Waals surface area (Å²) in [5.41, 5.74) is 3.28. The molecule has 1 aliphatic heterocycles. The maximum absolute atomic E-state index is 13.4. The highest BCUT2D eigenvalue weighted by atomic mass is 35.5. The lowest BCUT2D eigenvalue weighted by Crippen LogP contribution is -2.27. The van der Waals surface area contributed by atoms with Gasteiger partial charge in [0.2, 0.25) is 0 Å². The number of carbonyl (C=O) groups is 3. The second kappa shape index (κ2) is 9.48. The van der Waals surface area contributed by atoms with E-state index in [4.69, 9.17) is 16.3 Å². The standard InChI is InChI=1S/C25H24ClN3O4S/c1-27-23(30)15-5-7-17-20(12-15)33-10-9-14-13-21(34-22(14)17)25(32)29(4)19-11-16(6-8-18(19)26)24(31)28(2)3/h5-8,11-13H,9-10H2,1-4H3,(H,27,30). The van der Waals surface area contributed by atoms with Gasteiger partial charge in [0.25, 0.3) is 17.7 Å². The van der Waals surface area contributed by atoms with Gasteiger partial charge in [-0.15, -0.1) is 11.3 Å². The molecule has 0 atom stereocenters. The van der Waals surface area contributed by atoms with Crippen molar-refractivity contribution in [1.29, 1.82) is 0 Å². The number of ether oxygens (including phenoxy) is 1. The van der Waals surface area contributed by atoms with E-state index < -0.39 is 0 Å². The molecule has 0 unspecified atom stereocenters. The Morgan fingerprint density at radius 1 is 1.00 bits per heavy atom. The molecule has 0 saturated heterocycles. The maximum Gasteiger partial charge on any atom is 0.268 e. The highest BCUT2D eigenvalue weighted by Crippen LogP contribution is 2.42. The summed E-state index contributed by atoms with van der Waals surface area (Å²) in [6.07, 6.45) is 0.639. The number of hydrogen-bond donors (Lipinski definition) is 1. The van der Waals surface area contributed by atoms with E-state index in [1.54, 1.807) is 58.5 Å². The molecular formula is C25H24ClN3O4S. The van der Waals surface area contributed by atoms with Crippen molar-refractivity contribution >= 4 is 46.3 Å². The van der Waals surface area contributed by atoms with Crippen LogP contribution in [-0.4, -0.2) is 57.4 Å². The van der Waals surface area contributed by atoms with E-state index in [2.05, 4.69) is 5.32 Å². The largest absolute Gasteiger partial charge is 0.493 e. The molecule has 0 aliphatic carbocycles. The molecule has 1 N–H and O–H groups in total. The Morgan fingerprint density at radius 2 is 1.74 bits per heavy atom. The number of nitrogens with one attached hydrogen (secondary N) is 1. The maximum atomic E-state index is 13.4. The first-order valence-electron chi connectivity index (χ1n) is 10.6. The third-order valence-electron chi connectivity index (χ3n) is 5.63. The molecule has 0 bridgehead atoms. The normalized spacial score (nSPS) is 12.0. The van der Waals surface area contributed by atoms with Crippen molar-refractivity contribution in [1.82, 2.24) is 10.2 Å². The van der Waals surface area contributed by atoms with E-state index in [0.29, 0.717) is 45.5 Å². The fourth-order valence-electron chi connectivity index (χ4n) is 3.77. The summed E-state index contributed by atoms with van der Waals surface area (Å²) in [6, 6.07) is 12.1. The minimum atomic E-state index is -0.223. The van der Waals surface area contributed by atoms with Crippen molar-refractivity contribution in [2.45, 2.75) is 6.42 Å². The summed E-state index contributed by atoms with van der Waals surface area (Å²) in [4.78, 5) is 42.2. The van der Waals surface area contributed by atoms with Crippen LogP contribution in [0.4, 0.5) is 5.69 Å². The molecule has 1 aromatic heterocycles. The lowest BCUT2D eigenvalue weighted by atomic mass is 10.0. The predicted octanol–water partition coefficient (Wildman–Crippen LogP) is 4.34. The zero-order valence-electron chi connectivity index (χ0n) is 19.3. The first-order valence-corrected chi connectivity index (χ1v) is 11.8. The second-order valence-electron chi connectivity index (χ2n) is 8.08. The molecule has 176 valence electrons. The van der Waals surface area contributed by atoms with Crippen molar-refractivity contribution in [2.75, 3.05) is 39.7 Å². The number of amides is 3. The van der Waals surface area contributed by atoms with Crippen LogP contribution < -0.4 is 15.0 Å². The monoisotopic (exact) mass is 497 g/mol. The van der Waals surface area contributed by atoms with Crippen molar-refractivity contribution in [3.63, 3.8) is 0 Å². The molecule has 4 rings (SSSR count). The lowest BCUT2D eigenvalue weighted by molar-refractivity contribution is 0.0826. The summed E-state index contributed by atoms with van der Waals surface area (Å²) in [7, 11) is 6.57. The van der Waals surface area contributed by atoms with E-state index in [1.807, 2.05) is 12.1 Å². The topological polar surface area (TPSA) is 79.0 Å². The molecule has 2 heterocycles. The Labute approximate surface area is 206 Å². The number of fused-ring (bicyclic) bond motifs is 3. The zero-order chi connectivity index (χ0) is 24.6. The third-order valence-corrected chi connectivity index (χ3v) is 7.15. The fraction of sp³-hybridized carbons (Fsp3) is 0.240. The average molecular weight is 498 g/mol. The van der Waals surface area contributed by atoms with Crippen LogP contribution in [-0.2, 0) is 6.42 Å². The first-order chi connectivity index (χ1) is 16.2. The average Bonchev–Trinajstić information content (AvgIpc) is 3.18. The minimum Gasteiger partial charge on any atom is -0.493 e. The van der Waals surface area contributed by atoms with Gasteiger partial charge < -0.3 is 19.9 Å². The van der Waals surface area contributed by atoms with E-state index in [0.717, 1.165) is 16.0 Å². The summed E-state index contributed by atoms with van der Waals surface area (Å²) < 4.78 is 5.89. The van der Waals surface area contributed by atoms with E-state index in [9.17, 15) is 14.4 Å². The van der Waals surface area contributed by atoms with Crippen LogP contribution >= 0.6 is 22.9 Å². The van der Waals surface area contributed by atoms with Gasteiger partial charge in [0.1, 0.15) is 5.75 Å². The predicted molar refractivity (Wildman–Crippen MR) is 135 cm³/mol. The second-order valence-corrected chi connectivity index (χ2v) is 9.54. The van der Waals surface area contributed by atoms with E-state index in [1.165, 1.54) is 21.1 Å². The van der Waals surface area contributed by atoms with Crippen LogP contribution in [0.5, 0.6) is 5.75 Å². The Morgan fingerprint density at radius 3 is 2.44 bits per heavy atom. The third kappa shape index (κ3) is 4.38. The lowest BCUT2D eigenvalue weighted by Gasteiger charge is -2.19. The first kappa shape index (κ1) is 23.8. The zero-order valence-corrected chi connectivity index (χ0v) is 20.8. The molecule has 0 saturated carbocycles. The van der Waals surface area contributed by atoms with Crippen LogP contribution in [0.15, 0.2) is 42.5 Å². The fourth-order valence-corrected chi connectivity index (χ4v) is 5.23. The molecule has 0 fully saturated rings. The molecule has 1 aliphatic rings. The van der Waals surface area contributed by atoms with Gasteiger partial charge in [0.15, 0.2) is 0 Å². The van der Waals surface area contributed by atoms with Gasteiger partial charge in [-0.1, -0.05) is 11.6 Å². The van der Waals surface area contributed by atoms with Crippen molar-refractivity contribution in [3.8, 4) is 16.2 Å². The quantitative estimate of drug-likeness (QED) is 0.581. The van der Waals surface area contributed by atoms with Crippen molar-refractivity contribution in [2.24, 2.45) is 0 Å². The number of carbonyl (C=O) groups excluding carboxylic acids is 3. The van der Waals surface area contributed by atoms with Gasteiger partial charge in [-0.05, 0) is 48.0 Å². The molecule has 7 nitrogen and oxygen atoms in total.